The van der Waals surface area contributed by atoms with Gasteiger partial charge < -0.3 is 4.98 Å². The van der Waals surface area contributed by atoms with Crippen molar-refractivity contribution in [3.8, 4) is 23.4 Å². The number of alkyl halides is 1. The summed E-state index contributed by atoms with van der Waals surface area (Å²) in [6.07, 6.45) is 7.50. The summed E-state index contributed by atoms with van der Waals surface area (Å²) in [5.74, 6) is 0. The molecule has 0 saturated heterocycles. The van der Waals surface area contributed by atoms with Gasteiger partial charge in [-0.25, -0.2) is 14.4 Å². The van der Waals surface area contributed by atoms with Gasteiger partial charge in [0.15, 0.2) is 0 Å². The number of hydrogen-bond donors (Lipinski definition) is 1. The monoisotopic (exact) mass is 335 g/mol. The molecule has 0 atom stereocenters. The van der Waals surface area contributed by atoms with Gasteiger partial charge in [0.2, 0.25) is 0 Å². The third kappa shape index (κ3) is 2.18. The maximum Gasteiger partial charge on any atom is 0.141 e. The van der Waals surface area contributed by atoms with Crippen LogP contribution in [0.4, 0.5) is 4.39 Å². The Morgan fingerprint density at radius 3 is 2.88 bits per heavy atom. The lowest BCUT2D eigenvalue weighted by Crippen LogP contribution is -2.54. The molecule has 3 aromatic heterocycles. The van der Waals surface area contributed by atoms with Gasteiger partial charge in [-0.3, -0.25) is 4.68 Å². The van der Waals surface area contributed by atoms with Crippen molar-refractivity contribution < 1.29 is 4.39 Å². The van der Waals surface area contributed by atoms with Gasteiger partial charge in [-0.2, -0.15) is 15.6 Å². The number of rotatable bonds is 4. The standard InChI is InChI=1S/C17H14FN7/c18-9-16(10-20)7-17(8-16,2-3-19)25-6-12(5-24-25)14-13-1-4-21-15(13)23-11-22-14/h1,4-6,11H,2,7-9H2,(H,21,22,23)/t16-,17-. The molecule has 7 nitrogen and oxygen atoms in total. The van der Waals surface area contributed by atoms with Crippen molar-refractivity contribution in [2.24, 2.45) is 5.41 Å². The molecular weight excluding hydrogens is 321 g/mol. The molecule has 1 fully saturated rings. The normalized spacial score (nSPS) is 25.2. The highest BCUT2D eigenvalue weighted by Crippen LogP contribution is 2.54. The molecule has 0 bridgehead atoms. The fourth-order valence-corrected chi connectivity index (χ4v) is 3.73. The molecule has 1 aliphatic carbocycles. The van der Waals surface area contributed by atoms with Crippen molar-refractivity contribution in [3.05, 3.63) is 31.0 Å². The molecule has 0 amide bonds. The van der Waals surface area contributed by atoms with E-state index < -0.39 is 17.6 Å². The zero-order valence-electron chi connectivity index (χ0n) is 13.3. The number of hydrogen-bond acceptors (Lipinski definition) is 5. The Balaban J connectivity index is 1.72. The fourth-order valence-electron chi connectivity index (χ4n) is 3.73. The van der Waals surface area contributed by atoms with E-state index in [-0.39, 0.29) is 19.3 Å². The largest absolute Gasteiger partial charge is 0.346 e. The van der Waals surface area contributed by atoms with E-state index in [1.165, 1.54) is 6.33 Å². The Morgan fingerprint density at radius 2 is 2.16 bits per heavy atom. The van der Waals surface area contributed by atoms with Crippen molar-refractivity contribution in [3.63, 3.8) is 0 Å². The molecule has 0 aromatic carbocycles. The van der Waals surface area contributed by atoms with E-state index in [1.807, 2.05) is 12.3 Å². The first-order valence-electron chi connectivity index (χ1n) is 7.83. The van der Waals surface area contributed by atoms with E-state index >= 15 is 0 Å². The highest BCUT2D eigenvalue weighted by Gasteiger charge is 2.57. The number of nitrogens with one attached hydrogen (secondary N) is 1. The summed E-state index contributed by atoms with van der Waals surface area (Å²) in [7, 11) is 0. The van der Waals surface area contributed by atoms with E-state index in [0.717, 1.165) is 22.3 Å². The van der Waals surface area contributed by atoms with Crippen molar-refractivity contribution in [1.82, 2.24) is 24.7 Å². The SMILES string of the molecule is N#CC[C@]1(n2cc(-c3ncnc4[nH]ccc34)cn2)C[C@@](C#N)(CF)C1. The maximum atomic E-state index is 13.2. The first-order chi connectivity index (χ1) is 12.2. The van der Waals surface area contributed by atoms with E-state index in [9.17, 15) is 14.9 Å². The van der Waals surface area contributed by atoms with Gasteiger partial charge in [0.05, 0.1) is 41.4 Å². The molecule has 0 spiro atoms. The summed E-state index contributed by atoms with van der Waals surface area (Å²) in [6, 6.07) is 6.09. The number of aromatic nitrogens is 5. The van der Waals surface area contributed by atoms with E-state index in [1.54, 1.807) is 17.1 Å². The highest BCUT2D eigenvalue weighted by molar-refractivity contribution is 5.89. The number of fused-ring (bicyclic) bond motifs is 1. The molecule has 4 rings (SSSR count). The van der Waals surface area contributed by atoms with E-state index in [0.29, 0.717) is 0 Å². The van der Waals surface area contributed by atoms with Gasteiger partial charge in [0, 0.05) is 23.3 Å². The van der Waals surface area contributed by atoms with Gasteiger partial charge in [0.1, 0.15) is 18.6 Å². The zero-order chi connectivity index (χ0) is 17.5. The smallest absolute Gasteiger partial charge is 0.141 e. The summed E-state index contributed by atoms with van der Waals surface area (Å²) >= 11 is 0. The first kappa shape index (κ1) is 15.3. The lowest BCUT2D eigenvalue weighted by Gasteiger charge is -2.50. The lowest BCUT2D eigenvalue weighted by molar-refractivity contribution is -0.00932. The van der Waals surface area contributed by atoms with Crippen LogP contribution in [0.3, 0.4) is 0 Å². The van der Waals surface area contributed by atoms with Crippen LogP contribution in [0.25, 0.3) is 22.3 Å². The van der Waals surface area contributed by atoms with Crippen LogP contribution in [0, 0.1) is 28.1 Å². The molecule has 1 aliphatic rings. The van der Waals surface area contributed by atoms with Gasteiger partial charge >= 0.3 is 0 Å². The molecule has 0 unspecified atom stereocenters. The molecule has 0 radical (unpaired) electrons. The first-order valence-corrected chi connectivity index (χ1v) is 7.83. The van der Waals surface area contributed by atoms with Crippen molar-refractivity contribution in [2.75, 3.05) is 6.67 Å². The topological polar surface area (TPSA) is 107 Å². The molecule has 3 aromatic rings. The quantitative estimate of drug-likeness (QED) is 0.789. The van der Waals surface area contributed by atoms with Crippen LogP contribution < -0.4 is 0 Å². The molecule has 25 heavy (non-hydrogen) atoms. The minimum Gasteiger partial charge on any atom is -0.346 e. The Bertz CT molecular complexity index is 1010. The Kier molecular flexibility index (Phi) is 3.29. The van der Waals surface area contributed by atoms with Crippen LogP contribution in [0.1, 0.15) is 19.3 Å². The summed E-state index contributed by atoms with van der Waals surface area (Å²) in [6.45, 7) is -0.708. The van der Waals surface area contributed by atoms with Crippen molar-refractivity contribution >= 4 is 11.0 Å². The van der Waals surface area contributed by atoms with Crippen LogP contribution in [-0.2, 0) is 5.54 Å². The second-order valence-corrected chi connectivity index (χ2v) is 6.57. The molecule has 0 aliphatic heterocycles. The average Bonchev–Trinajstić information content (AvgIpc) is 3.26. The number of nitrogens with zero attached hydrogens (tertiary/aromatic N) is 6. The Hall–Kier alpha value is -3.26. The number of aromatic amines is 1. The van der Waals surface area contributed by atoms with Gasteiger partial charge in [0.25, 0.3) is 0 Å². The van der Waals surface area contributed by atoms with Crippen LogP contribution >= 0.6 is 0 Å². The zero-order valence-corrected chi connectivity index (χ0v) is 13.3. The fraction of sp³-hybridized carbons (Fsp3) is 0.353. The third-order valence-electron chi connectivity index (χ3n) is 4.93. The van der Waals surface area contributed by atoms with Gasteiger partial charge in [-0.15, -0.1) is 0 Å². The Morgan fingerprint density at radius 1 is 1.32 bits per heavy atom. The number of H-pyrrole nitrogens is 1. The minimum atomic E-state index is -1.01. The summed E-state index contributed by atoms with van der Waals surface area (Å²) in [4.78, 5) is 11.5. The predicted octanol–water partition coefficient (Wildman–Crippen LogP) is 2.70. The van der Waals surface area contributed by atoms with E-state index in [4.69, 9.17) is 0 Å². The van der Waals surface area contributed by atoms with Crippen molar-refractivity contribution in [1.29, 1.82) is 10.5 Å². The van der Waals surface area contributed by atoms with Crippen LogP contribution in [0.5, 0.6) is 0 Å². The van der Waals surface area contributed by atoms with Crippen LogP contribution in [-0.4, -0.2) is 31.4 Å². The van der Waals surface area contributed by atoms with E-state index in [2.05, 4.69) is 32.2 Å². The summed E-state index contributed by atoms with van der Waals surface area (Å²) < 4.78 is 14.9. The van der Waals surface area contributed by atoms with Crippen LogP contribution in [0.15, 0.2) is 31.0 Å². The molecule has 124 valence electrons. The summed E-state index contributed by atoms with van der Waals surface area (Å²) in [5.41, 5.74) is 0.610. The molecule has 1 saturated carbocycles. The molecule has 8 heteroatoms. The average molecular weight is 335 g/mol. The maximum absolute atomic E-state index is 13.2. The minimum absolute atomic E-state index is 0.181. The van der Waals surface area contributed by atoms with Gasteiger partial charge in [-0.05, 0) is 18.9 Å². The molecular formula is C17H14FN7. The second-order valence-electron chi connectivity index (χ2n) is 6.57. The van der Waals surface area contributed by atoms with Crippen molar-refractivity contribution in [2.45, 2.75) is 24.8 Å². The second kappa shape index (κ2) is 5.38. The predicted molar refractivity (Wildman–Crippen MR) is 86.6 cm³/mol. The lowest BCUT2D eigenvalue weighted by atomic mass is 9.57. The number of halogens is 1. The third-order valence-corrected chi connectivity index (χ3v) is 4.93. The van der Waals surface area contributed by atoms with Crippen LogP contribution in [0.2, 0.25) is 0 Å². The van der Waals surface area contributed by atoms with Gasteiger partial charge in [-0.1, -0.05) is 0 Å². The number of nitriles is 2. The highest BCUT2D eigenvalue weighted by atomic mass is 19.1. The molecule has 3 heterocycles. The Labute approximate surface area is 142 Å². The summed E-state index contributed by atoms with van der Waals surface area (Å²) in [5, 5.41) is 23.7. The molecule has 1 N–H and O–H groups in total.